The summed E-state index contributed by atoms with van der Waals surface area (Å²) in [6.07, 6.45) is 2.53. The van der Waals surface area contributed by atoms with Crippen LogP contribution >= 0.6 is 0 Å². The van der Waals surface area contributed by atoms with Crippen LogP contribution < -0.4 is 15.4 Å². The number of guanidine groups is 1. The van der Waals surface area contributed by atoms with Gasteiger partial charge >= 0.3 is 0 Å². The van der Waals surface area contributed by atoms with Gasteiger partial charge in [-0.05, 0) is 37.1 Å². The van der Waals surface area contributed by atoms with Crippen molar-refractivity contribution in [3.8, 4) is 5.75 Å². The predicted octanol–water partition coefficient (Wildman–Crippen LogP) is 2.59. The van der Waals surface area contributed by atoms with Gasteiger partial charge in [0.25, 0.3) is 0 Å². The summed E-state index contributed by atoms with van der Waals surface area (Å²) in [4.78, 5) is 4.50. The van der Waals surface area contributed by atoms with E-state index in [-0.39, 0.29) is 0 Å². The number of hydrogen-bond donors (Lipinski definition) is 2. The molecule has 0 unspecified atom stereocenters. The highest BCUT2D eigenvalue weighted by molar-refractivity contribution is 5.79. The lowest BCUT2D eigenvalue weighted by Gasteiger charge is -2.12. The molecule has 1 aromatic heterocycles. The summed E-state index contributed by atoms with van der Waals surface area (Å²) in [5.41, 5.74) is 1.18. The first kappa shape index (κ1) is 15.9. The molecule has 5 nitrogen and oxygen atoms in total. The summed E-state index contributed by atoms with van der Waals surface area (Å²) >= 11 is 0. The number of rotatable bonds is 7. The van der Waals surface area contributed by atoms with Crippen LogP contribution in [0.25, 0.3) is 0 Å². The van der Waals surface area contributed by atoms with Crippen molar-refractivity contribution in [3.63, 3.8) is 0 Å². The zero-order chi connectivity index (χ0) is 15.6. The molecule has 0 fully saturated rings. The Kier molecular flexibility index (Phi) is 6.36. The normalized spacial score (nSPS) is 11.3. The number of furan rings is 1. The van der Waals surface area contributed by atoms with Gasteiger partial charge in [0, 0.05) is 13.1 Å². The van der Waals surface area contributed by atoms with Crippen molar-refractivity contribution in [2.75, 3.05) is 20.2 Å². The summed E-state index contributed by atoms with van der Waals surface area (Å²) in [5, 5.41) is 6.55. The molecule has 0 aliphatic carbocycles. The number of para-hydroxylation sites is 1. The third kappa shape index (κ3) is 4.84. The molecule has 0 radical (unpaired) electrons. The second-order valence-electron chi connectivity index (χ2n) is 4.76. The van der Waals surface area contributed by atoms with Gasteiger partial charge in [-0.3, -0.25) is 0 Å². The van der Waals surface area contributed by atoms with Gasteiger partial charge < -0.3 is 19.8 Å². The minimum Gasteiger partial charge on any atom is -0.496 e. The van der Waals surface area contributed by atoms with E-state index < -0.39 is 0 Å². The molecule has 0 amide bonds. The van der Waals surface area contributed by atoms with Crippen LogP contribution in [0, 0.1) is 0 Å². The lowest BCUT2D eigenvalue weighted by atomic mass is 10.1. The molecule has 0 aliphatic rings. The Hall–Kier alpha value is -2.43. The second-order valence-corrected chi connectivity index (χ2v) is 4.76. The van der Waals surface area contributed by atoms with Crippen molar-refractivity contribution in [1.29, 1.82) is 0 Å². The van der Waals surface area contributed by atoms with Crippen molar-refractivity contribution in [1.82, 2.24) is 10.6 Å². The molecule has 0 saturated carbocycles. The van der Waals surface area contributed by atoms with Crippen molar-refractivity contribution in [3.05, 3.63) is 54.0 Å². The Balaban J connectivity index is 1.87. The maximum absolute atomic E-state index is 5.36. The molecule has 118 valence electrons. The largest absolute Gasteiger partial charge is 0.496 e. The number of hydrogen-bond acceptors (Lipinski definition) is 3. The Morgan fingerprint density at radius 2 is 2.05 bits per heavy atom. The molecule has 0 atom stereocenters. The number of ether oxygens (including phenoxy) is 1. The number of nitrogens with one attached hydrogen (secondary N) is 2. The van der Waals surface area contributed by atoms with Crippen LogP contribution in [0.4, 0.5) is 0 Å². The fourth-order valence-corrected chi connectivity index (χ4v) is 2.13. The maximum Gasteiger partial charge on any atom is 0.191 e. The van der Waals surface area contributed by atoms with Gasteiger partial charge in [-0.2, -0.15) is 0 Å². The Morgan fingerprint density at radius 1 is 1.18 bits per heavy atom. The van der Waals surface area contributed by atoms with Gasteiger partial charge in [0.15, 0.2) is 5.96 Å². The summed E-state index contributed by atoms with van der Waals surface area (Å²) in [5.74, 6) is 2.55. The van der Waals surface area contributed by atoms with E-state index in [1.165, 1.54) is 5.56 Å². The first-order valence-corrected chi connectivity index (χ1v) is 7.50. The zero-order valence-electron chi connectivity index (χ0n) is 13.1. The molecule has 0 bridgehead atoms. The lowest BCUT2D eigenvalue weighted by Crippen LogP contribution is -2.38. The molecule has 22 heavy (non-hydrogen) atoms. The average molecular weight is 301 g/mol. The minimum absolute atomic E-state index is 0.525. The molecule has 0 saturated heterocycles. The van der Waals surface area contributed by atoms with Crippen molar-refractivity contribution in [2.45, 2.75) is 19.9 Å². The van der Waals surface area contributed by atoms with Gasteiger partial charge in [-0.25, -0.2) is 4.99 Å². The third-order valence-electron chi connectivity index (χ3n) is 3.20. The Bertz CT molecular complexity index is 579. The quantitative estimate of drug-likeness (QED) is 0.609. The Morgan fingerprint density at radius 3 is 2.77 bits per heavy atom. The highest BCUT2D eigenvalue weighted by atomic mass is 16.5. The molecule has 2 aromatic rings. The predicted molar refractivity (Wildman–Crippen MR) is 88.2 cm³/mol. The third-order valence-corrected chi connectivity index (χ3v) is 3.20. The number of methoxy groups -OCH3 is 1. The standard InChI is InChI=1S/C17H23N3O2/c1-3-18-17(20-13-15-8-6-12-22-15)19-11-10-14-7-4-5-9-16(14)21-2/h4-9,12H,3,10-11,13H2,1-2H3,(H2,18,19,20). The molecular formula is C17H23N3O2. The van der Waals surface area contributed by atoms with E-state index in [1.54, 1.807) is 13.4 Å². The van der Waals surface area contributed by atoms with Gasteiger partial charge in [0.2, 0.25) is 0 Å². The number of aliphatic imine (C=N–C) groups is 1. The first-order valence-electron chi connectivity index (χ1n) is 7.50. The van der Waals surface area contributed by atoms with E-state index in [0.29, 0.717) is 6.54 Å². The summed E-state index contributed by atoms with van der Waals surface area (Å²) in [7, 11) is 1.70. The van der Waals surface area contributed by atoms with Gasteiger partial charge in [0.1, 0.15) is 18.1 Å². The maximum atomic E-state index is 5.36. The van der Waals surface area contributed by atoms with Crippen LogP contribution in [-0.4, -0.2) is 26.2 Å². The summed E-state index contributed by atoms with van der Waals surface area (Å²) in [6.45, 7) is 4.17. The highest BCUT2D eigenvalue weighted by Crippen LogP contribution is 2.17. The molecule has 1 heterocycles. The number of benzene rings is 1. The van der Waals surface area contributed by atoms with E-state index in [9.17, 15) is 0 Å². The minimum atomic E-state index is 0.525. The van der Waals surface area contributed by atoms with Crippen LogP contribution in [0.15, 0.2) is 52.1 Å². The van der Waals surface area contributed by atoms with Crippen LogP contribution in [0.5, 0.6) is 5.75 Å². The first-order chi connectivity index (χ1) is 10.8. The SMILES string of the molecule is CCNC(=NCc1ccco1)NCCc1ccccc1OC. The lowest BCUT2D eigenvalue weighted by molar-refractivity contribution is 0.409. The van der Waals surface area contributed by atoms with Gasteiger partial charge in [-0.1, -0.05) is 18.2 Å². The fraction of sp³-hybridized carbons (Fsp3) is 0.353. The smallest absolute Gasteiger partial charge is 0.191 e. The van der Waals surface area contributed by atoms with E-state index in [0.717, 1.165) is 37.0 Å². The van der Waals surface area contributed by atoms with E-state index in [1.807, 2.05) is 37.3 Å². The van der Waals surface area contributed by atoms with E-state index in [4.69, 9.17) is 9.15 Å². The van der Waals surface area contributed by atoms with E-state index >= 15 is 0 Å². The average Bonchev–Trinajstić information content (AvgIpc) is 3.06. The highest BCUT2D eigenvalue weighted by Gasteiger charge is 2.03. The number of nitrogens with zero attached hydrogens (tertiary/aromatic N) is 1. The molecule has 1 aromatic carbocycles. The van der Waals surface area contributed by atoms with E-state index in [2.05, 4.69) is 21.7 Å². The summed E-state index contributed by atoms with van der Waals surface area (Å²) in [6, 6.07) is 11.8. The molecular weight excluding hydrogens is 278 g/mol. The van der Waals surface area contributed by atoms with Crippen LogP contribution in [0.2, 0.25) is 0 Å². The van der Waals surface area contributed by atoms with Crippen LogP contribution in [0.3, 0.4) is 0 Å². The Labute approximate surface area is 131 Å². The van der Waals surface area contributed by atoms with Crippen molar-refractivity contribution >= 4 is 5.96 Å². The van der Waals surface area contributed by atoms with Gasteiger partial charge in [-0.15, -0.1) is 0 Å². The van der Waals surface area contributed by atoms with Crippen molar-refractivity contribution in [2.24, 2.45) is 4.99 Å². The molecule has 2 rings (SSSR count). The fourth-order valence-electron chi connectivity index (χ4n) is 2.13. The van der Waals surface area contributed by atoms with Crippen molar-refractivity contribution < 1.29 is 9.15 Å². The monoisotopic (exact) mass is 301 g/mol. The molecule has 2 N–H and O–H groups in total. The summed E-state index contributed by atoms with van der Waals surface area (Å²) < 4.78 is 10.6. The van der Waals surface area contributed by atoms with Crippen LogP contribution in [0.1, 0.15) is 18.2 Å². The molecule has 0 aliphatic heterocycles. The molecule has 0 spiro atoms. The second kappa shape index (κ2) is 8.77. The zero-order valence-corrected chi connectivity index (χ0v) is 13.1. The topological polar surface area (TPSA) is 58.8 Å². The molecule has 5 heteroatoms. The van der Waals surface area contributed by atoms with Gasteiger partial charge in [0.05, 0.1) is 13.4 Å². The van der Waals surface area contributed by atoms with Crippen LogP contribution in [-0.2, 0) is 13.0 Å².